The number of pyridine rings is 1. The zero-order valence-electron chi connectivity index (χ0n) is 15.2. The van der Waals surface area contributed by atoms with Gasteiger partial charge in [-0.05, 0) is 41.3 Å². The molecule has 7 heteroatoms. The number of thiophene rings is 1. The van der Waals surface area contributed by atoms with Crippen molar-refractivity contribution in [3.05, 3.63) is 63.8 Å². The molecule has 0 saturated heterocycles. The number of aromatic amines is 1. The normalized spacial score (nSPS) is 11.1. The lowest BCUT2D eigenvalue weighted by Gasteiger charge is -2.14. The second-order valence-corrected chi connectivity index (χ2v) is 7.22. The van der Waals surface area contributed by atoms with Gasteiger partial charge >= 0.3 is 0 Å². The maximum Gasteiger partial charge on any atom is 0.266 e. The van der Waals surface area contributed by atoms with Gasteiger partial charge in [0.05, 0.1) is 7.11 Å². The van der Waals surface area contributed by atoms with E-state index in [0.717, 1.165) is 27.4 Å². The Balaban J connectivity index is 1.91. The van der Waals surface area contributed by atoms with E-state index in [0.29, 0.717) is 29.1 Å². The Morgan fingerprint density at radius 1 is 1.18 bits per heavy atom. The van der Waals surface area contributed by atoms with Crippen molar-refractivity contribution in [2.45, 2.75) is 0 Å². The van der Waals surface area contributed by atoms with Crippen LogP contribution in [0.4, 0.5) is 0 Å². The summed E-state index contributed by atoms with van der Waals surface area (Å²) in [5, 5.41) is 6.49. The molecule has 2 aromatic heterocycles. The van der Waals surface area contributed by atoms with Gasteiger partial charge in [-0.3, -0.25) is 9.59 Å². The Morgan fingerprint density at radius 3 is 2.68 bits per heavy atom. The van der Waals surface area contributed by atoms with E-state index in [-0.39, 0.29) is 11.5 Å². The topological polar surface area (TPSA) is 97.2 Å². The Kier molecular flexibility index (Phi) is 4.85. The number of carbonyl (C=O) groups is 1. The number of rotatable bonds is 5. The van der Waals surface area contributed by atoms with Crippen LogP contribution in [0.25, 0.3) is 32.1 Å². The van der Waals surface area contributed by atoms with Gasteiger partial charge in [0.2, 0.25) is 0 Å². The molecule has 1 amide bonds. The summed E-state index contributed by atoms with van der Waals surface area (Å²) >= 11 is 1.41. The number of methoxy groups -OCH3 is 1. The number of aromatic nitrogens is 1. The second kappa shape index (κ2) is 7.46. The number of hydrogen-bond acceptors (Lipinski definition) is 5. The molecule has 0 aliphatic rings. The molecule has 0 aliphatic carbocycles. The number of amides is 1. The first-order chi connectivity index (χ1) is 13.6. The van der Waals surface area contributed by atoms with E-state index in [1.165, 1.54) is 11.3 Å². The van der Waals surface area contributed by atoms with Gasteiger partial charge in [0, 0.05) is 40.5 Å². The van der Waals surface area contributed by atoms with Crippen molar-refractivity contribution in [2.24, 2.45) is 5.73 Å². The van der Waals surface area contributed by atoms with E-state index in [9.17, 15) is 9.59 Å². The summed E-state index contributed by atoms with van der Waals surface area (Å²) < 4.78 is 6.29. The maximum absolute atomic E-state index is 12.3. The highest BCUT2D eigenvalue weighted by atomic mass is 32.1. The van der Waals surface area contributed by atoms with Crippen molar-refractivity contribution < 1.29 is 9.53 Å². The molecule has 4 N–H and O–H groups in total. The lowest BCUT2D eigenvalue weighted by atomic mass is 9.96. The quantitative estimate of drug-likeness (QED) is 0.485. The number of fused-ring (bicyclic) bond motifs is 3. The second-order valence-electron chi connectivity index (χ2n) is 6.30. The van der Waals surface area contributed by atoms with E-state index in [4.69, 9.17) is 10.5 Å². The molecule has 0 saturated carbocycles. The van der Waals surface area contributed by atoms with Crippen LogP contribution in [0.5, 0.6) is 5.75 Å². The van der Waals surface area contributed by atoms with Crippen LogP contribution in [0.2, 0.25) is 0 Å². The highest BCUT2D eigenvalue weighted by Gasteiger charge is 2.16. The van der Waals surface area contributed by atoms with Crippen molar-refractivity contribution in [1.82, 2.24) is 10.3 Å². The van der Waals surface area contributed by atoms with Crippen LogP contribution in [0.1, 0.15) is 10.4 Å². The smallest absolute Gasteiger partial charge is 0.266 e. The molecule has 2 heterocycles. The maximum atomic E-state index is 12.3. The molecule has 142 valence electrons. The average molecular weight is 393 g/mol. The molecule has 2 aromatic carbocycles. The van der Waals surface area contributed by atoms with Crippen molar-refractivity contribution in [1.29, 1.82) is 0 Å². The summed E-state index contributed by atoms with van der Waals surface area (Å²) in [5.41, 5.74) is 8.43. The van der Waals surface area contributed by atoms with Crippen molar-refractivity contribution in [3.8, 4) is 16.9 Å². The molecule has 0 atom stereocenters. The SMILES string of the molecule is COc1ccc2[nH]c(=O)c3sccc3c2c1-c1ccc(C(=O)NCCN)cc1. The largest absolute Gasteiger partial charge is 0.496 e. The minimum atomic E-state index is -0.161. The third-order valence-corrected chi connectivity index (χ3v) is 5.55. The van der Waals surface area contributed by atoms with E-state index in [2.05, 4.69) is 10.3 Å². The highest BCUT2D eigenvalue weighted by molar-refractivity contribution is 7.17. The molecule has 0 radical (unpaired) electrons. The summed E-state index contributed by atoms with van der Waals surface area (Å²) in [6.45, 7) is 0.826. The zero-order valence-corrected chi connectivity index (χ0v) is 16.1. The molecule has 0 bridgehead atoms. The van der Waals surface area contributed by atoms with Crippen LogP contribution in [0.15, 0.2) is 52.6 Å². The van der Waals surface area contributed by atoms with E-state index >= 15 is 0 Å². The van der Waals surface area contributed by atoms with Gasteiger partial charge in [-0.2, -0.15) is 0 Å². The molecule has 6 nitrogen and oxygen atoms in total. The monoisotopic (exact) mass is 393 g/mol. The van der Waals surface area contributed by atoms with Crippen LogP contribution >= 0.6 is 11.3 Å². The van der Waals surface area contributed by atoms with Crippen LogP contribution < -0.4 is 21.3 Å². The van der Waals surface area contributed by atoms with Crippen LogP contribution in [-0.4, -0.2) is 31.1 Å². The fourth-order valence-corrected chi connectivity index (χ4v) is 4.16. The fraction of sp³-hybridized carbons (Fsp3) is 0.143. The number of hydrogen-bond donors (Lipinski definition) is 3. The standard InChI is InChI=1S/C21H19N3O3S/c1-27-16-7-6-15-18(14-8-11-28-19(14)21(26)24-15)17(16)12-2-4-13(5-3-12)20(25)23-10-9-22/h2-8,11H,9-10,22H2,1H3,(H,23,25)(H,24,26). The third kappa shape index (κ3) is 3.04. The molecule has 0 unspecified atom stereocenters. The highest BCUT2D eigenvalue weighted by Crippen LogP contribution is 2.40. The number of nitrogens with two attached hydrogens (primary N) is 1. The molecule has 4 rings (SSSR count). The first-order valence-electron chi connectivity index (χ1n) is 8.83. The summed E-state index contributed by atoms with van der Waals surface area (Å²) in [4.78, 5) is 27.4. The van der Waals surface area contributed by atoms with Crippen LogP contribution in [-0.2, 0) is 0 Å². The molecular formula is C21H19N3O3S. The molecular weight excluding hydrogens is 374 g/mol. The van der Waals surface area contributed by atoms with Crippen LogP contribution in [0.3, 0.4) is 0 Å². The van der Waals surface area contributed by atoms with Crippen molar-refractivity contribution >= 4 is 38.2 Å². The number of ether oxygens (including phenoxy) is 1. The minimum absolute atomic E-state index is 0.0967. The van der Waals surface area contributed by atoms with Gasteiger partial charge in [0.15, 0.2) is 0 Å². The Morgan fingerprint density at radius 2 is 1.96 bits per heavy atom. The summed E-state index contributed by atoms with van der Waals surface area (Å²) in [7, 11) is 1.62. The minimum Gasteiger partial charge on any atom is -0.496 e. The summed E-state index contributed by atoms with van der Waals surface area (Å²) in [5.74, 6) is 0.541. The zero-order chi connectivity index (χ0) is 19.7. The first-order valence-corrected chi connectivity index (χ1v) is 9.71. The molecule has 28 heavy (non-hydrogen) atoms. The van der Waals surface area contributed by atoms with Gasteiger partial charge < -0.3 is 20.8 Å². The van der Waals surface area contributed by atoms with Gasteiger partial charge in [0.1, 0.15) is 10.4 Å². The average Bonchev–Trinajstić information content (AvgIpc) is 3.22. The lowest BCUT2D eigenvalue weighted by Crippen LogP contribution is -2.28. The van der Waals surface area contributed by atoms with Crippen LogP contribution in [0, 0.1) is 0 Å². The molecule has 4 aromatic rings. The Hall–Kier alpha value is -3.16. The lowest BCUT2D eigenvalue weighted by molar-refractivity contribution is 0.0955. The predicted molar refractivity (Wildman–Crippen MR) is 113 cm³/mol. The van der Waals surface area contributed by atoms with Gasteiger partial charge in [-0.1, -0.05) is 12.1 Å². The molecule has 0 aliphatic heterocycles. The Labute approximate surface area is 164 Å². The third-order valence-electron chi connectivity index (χ3n) is 4.64. The fourth-order valence-electron chi connectivity index (χ4n) is 3.36. The molecule has 0 fully saturated rings. The van der Waals surface area contributed by atoms with Gasteiger partial charge in [-0.15, -0.1) is 11.3 Å². The molecule has 0 spiro atoms. The summed E-state index contributed by atoms with van der Waals surface area (Å²) in [6, 6.07) is 13.0. The van der Waals surface area contributed by atoms with E-state index in [1.54, 1.807) is 19.2 Å². The summed E-state index contributed by atoms with van der Waals surface area (Å²) in [6.07, 6.45) is 0. The van der Waals surface area contributed by atoms with Gasteiger partial charge in [-0.25, -0.2) is 0 Å². The predicted octanol–water partition coefficient (Wildman–Crippen LogP) is 3.11. The van der Waals surface area contributed by atoms with Crippen molar-refractivity contribution in [2.75, 3.05) is 20.2 Å². The first kappa shape index (κ1) is 18.2. The Bertz CT molecular complexity index is 1230. The number of nitrogens with one attached hydrogen (secondary N) is 2. The number of benzene rings is 2. The number of carbonyl (C=O) groups excluding carboxylic acids is 1. The van der Waals surface area contributed by atoms with Gasteiger partial charge in [0.25, 0.3) is 11.5 Å². The van der Waals surface area contributed by atoms with E-state index in [1.807, 2.05) is 35.7 Å². The number of H-pyrrole nitrogens is 1. The van der Waals surface area contributed by atoms with E-state index < -0.39 is 0 Å². The van der Waals surface area contributed by atoms with Crippen molar-refractivity contribution in [3.63, 3.8) is 0 Å².